The maximum absolute atomic E-state index is 6.11. The van der Waals surface area contributed by atoms with Crippen LogP contribution in [0.15, 0.2) is 16.5 Å². The lowest BCUT2D eigenvalue weighted by molar-refractivity contribution is -0.0546. The maximum atomic E-state index is 6.11. The van der Waals surface area contributed by atoms with Gasteiger partial charge in [-0.15, -0.1) is 0 Å². The molecule has 1 aromatic heterocycles. The first-order valence-electron chi connectivity index (χ1n) is 7.94. The van der Waals surface area contributed by atoms with Gasteiger partial charge in [0.25, 0.3) is 0 Å². The number of fused-ring (bicyclic) bond motifs is 2. The number of hydrogen-bond acceptors (Lipinski definition) is 4. The fraction of sp³-hybridized carbons (Fsp3) is 0.750. The molecule has 1 saturated carbocycles. The highest BCUT2D eigenvalue weighted by atomic mass is 16.5. The van der Waals surface area contributed by atoms with Crippen LogP contribution in [0, 0.1) is 5.92 Å². The number of ether oxygens (including phenoxy) is 1. The Kier molecular flexibility index (Phi) is 3.13. The van der Waals surface area contributed by atoms with Gasteiger partial charge in [-0.1, -0.05) is 6.92 Å². The van der Waals surface area contributed by atoms with Crippen LogP contribution in [0.25, 0.3) is 0 Å². The number of furan rings is 1. The Labute approximate surface area is 120 Å². The quantitative estimate of drug-likeness (QED) is 0.916. The summed E-state index contributed by atoms with van der Waals surface area (Å²) in [5, 5.41) is 0. The smallest absolute Gasteiger partial charge is 0.122 e. The van der Waals surface area contributed by atoms with Crippen molar-refractivity contribution in [1.29, 1.82) is 0 Å². The summed E-state index contributed by atoms with van der Waals surface area (Å²) in [6.07, 6.45) is 4.46. The van der Waals surface area contributed by atoms with E-state index in [1.807, 2.05) is 0 Å². The molecule has 4 rings (SSSR count). The van der Waals surface area contributed by atoms with E-state index in [4.69, 9.17) is 14.9 Å². The van der Waals surface area contributed by atoms with Crippen LogP contribution in [0.4, 0.5) is 0 Å². The largest absolute Gasteiger partial charge is 0.464 e. The zero-order valence-corrected chi connectivity index (χ0v) is 12.1. The number of morpholine rings is 1. The van der Waals surface area contributed by atoms with Crippen molar-refractivity contribution in [1.82, 2.24) is 4.90 Å². The van der Waals surface area contributed by atoms with Crippen molar-refractivity contribution in [2.24, 2.45) is 11.7 Å². The summed E-state index contributed by atoms with van der Waals surface area (Å²) in [5.74, 6) is 3.62. The molecule has 5 unspecified atom stereocenters. The normalized spacial score (nSPS) is 38.1. The second kappa shape index (κ2) is 4.86. The zero-order chi connectivity index (χ0) is 13.7. The van der Waals surface area contributed by atoms with E-state index in [0.717, 1.165) is 30.5 Å². The Morgan fingerprint density at radius 3 is 2.60 bits per heavy atom. The van der Waals surface area contributed by atoms with Gasteiger partial charge in [0.15, 0.2) is 0 Å². The highest BCUT2D eigenvalue weighted by Gasteiger charge is 2.39. The van der Waals surface area contributed by atoms with E-state index in [1.54, 1.807) is 0 Å². The standard InChI is InChI=1S/C16H24N2O2/c1-10-6-13(10)15-4-5-16(20-15)14(7-17)18-8-11-2-3-12(9-18)19-11/h4-5,10-14H,2-3,6-9,17H2,1H3. The van der Waals surface area contributed by atoms with Crippen molar-refractivity contribution in [3.8, 4) is 0 Å². The predicted octanol–water partition coefficient (Wildman–Crippen LogP) is 2.27. The lowest BCUT2D eigenvalue weighted by atomic mass is 10.1. The van der Waals surface area contributed by atoms with Gasteiger partial charge in [-0.3, -0.25) is 4.90 Å². The van der Waals surface area contributed by atoms with E-state index >= 15 is 0 Å². The van der Waals surface area contributed by atoms with E-state index in [1.165, 1.54) is 19.3 Å². The first kappa shape index (κ1) is 12.9. The summed E-state index contributed by atoms with van der Waals surface area (Å²) in [5.41, 5.74) is 6.03. The predicted molar refractivity (Wildman–Crippen MR) is 76.5 cm³/mol. The Hall–Kier alpha value is -0.840. The molecule has 4 nitrogen and oxygen atoms in total. The molecule has 1 aliphatic carbocycles. The summed E-state index contributed by atoms with van der Waals surface area (Å²) < 4.78 is 12.0. The molecule has 2 bridgehead atoms. The number of rotatable bonds is 4. The first-order chi connectivity index (χ1) is 9.74. The number of nitrogens with zero attached hydrogens (tertiary/aromatic N) is 1. The summed E-state index contributed by atoms with van der Waals surface area (Å²) in [6.45, 7) is 4.89. The van der Waals surface area contributed by atoms with Crippen LogP contribution >= 0.6 is 0 Å². The molecule has 0 radical (unpaired) electrons. The van der Waals surface area contributed by atoms with E-state index < -0.39 is 0 Å². The third-order valence-electron chi connectivity index (χ3n) is 5.19. The van der Waals surface area contributed by atoms with Gasteiger partial charge in [-0.05, 0) is 37.3 Å². The Morgan fingerprint density at radius 1 is 1.30 bits per heavy atom. The lowest BCUT2D eigenvalue weighted by Gasteiger charge is -2.36. The summed E-state index contributed by atoms with van der Waals surface area (Å²) >= 11 is 0. The Balaban J connectivity index is 1.51. The molecule has 2 N–H and O–H groups in total. The van der Waals surface area contributed by atoms with Gasteiger partial charge in [0, 0.05) is 25.6 Å². The van der Waals surface area contributed by atoms with E-state index in [2.05, 4.69) is 24.0 Å². The van der Waals surface area contributed by atoms with E-state index in [-0.39, 0.29) is 6.04 Å². The van der Waals surface area contributed by atoms with Crippen LogP contribution in [0.1, 0.15) is 49.7 Å². The van der Waals surface area contributed by atoms with Crippen LogP contribution < -0.4 is 5.73 Å². The summed E-state index contributed by atoms with van der Waals surface area (Å²) in [7, 11) is 0. The second-order valence-electron chi connectivity index (χ2n) is 6.72. The second-order valence-corrected chi connectivity index (χ2v) is 6.72. The molecule has 0 amide bonds. The van der Waals surface area contributed by atoms with Gasteiger partial charge < -0.3 is 14.9 Å². The highest BCUT2D eigenvalue weighted by molar-refractivity contribution is 5.19. The lowest BCUT2D eigenvalue weighted by Crippen LogP contribution is -2.46. The fourth-order valence-electron chi connectivity index (χ4n) is 3.81. The molecule has 1 aromatic rings. The molecule has 2 aliphatic heterocycles. The van der Waals surface area contributed by atoms with Gasteiger partial charge in [0.2, 0.25) is 0 Å². The van der Waals surface area contributed by atoms with Crippen LogP contribution in [0.5, 0.6) is 0 Å². The number of nitrogens with two attached hydrogens (primary N) is 1. The van der Waals surface area contributed by atoms with Crippen LogP contribution in [-0.2, 0) is 4.74 Å². The highest BCUT2D eigenvalue weighted by Crippen LogP contribution is 2.48. The summed E-state index contributed by atoms with van der Waals surface area (Å²) in [6, 6.07) is 4.50. The third-order valence-corrected chi connectivity index (χ3v) is 5.19. The fourth-order valence-corrected chi connectivity index (χ4v) is 3.81. The molecule has 0 aromatic carbocycles. The third kappa shape index (κ3) is 2.20. The molecule has 110 valence electrons. The average molecular weight is 276 g/mol. The monoisotopic (exact) mass is 276 g/mol. The van der Waals surface area contributed by atoms with Gasteiger partial charge in [0.05, 0.1) is 18.2 Å². The first-order valence-corrected chi connectivity index (χ1v) is 7.94. The molecule has 3 heterocycles. The van der Waals surface area contributed by atoms with Crippen molar-refractivity contribution >= 4 is 0 Å². The van der Waals surface area contributed by atoms with E-state index in [0.29, 0.717) is 24.7 Å². The summed E-state index contributed by atoms with van der Waals surface area (Å²) in [4.78, 5) is 2.46. The van der Waals surface area contributed by atoms with Crippen molar-refractivity contribution in [3.05, 3.63) is 23.7 Å². The Morgan fingerprint density at radius 2 is 2.00 bits per heavy atom. The van der Waals surface area contributed by atoms with E-state index in [9.17, 15) is 0 Å². The minimum absolute atomic E-state index is 0.213. The van der Waals surface area contributed by atoms with Gasteiger partial charge in [0.1, 0.15) is 11.5 Å². The molecule has 3 fully saturated rings. The molecule has 0 spiro atoms. The topological polar surface area (TPSA) is 51.6 Å². The molecular weight excluding hydrogens is 252 g/mol. The average Bonchev–Trinajstić information content (AvgIpc) is 2.86. The molecule has 2 saturated heterocycles. The van der Waals surface area contributed by atoms with Gasteiger partial charge >= 0.3 is 0 Å². The maximum Gasteiger partial charge on any atom is 0.122 e. The molecule has 20 heavy (non-hydrogen) atoms. The number of likely N-dealkylation sites (tertiary alicyclic amines) is 1. The zero-order valence-electron chi connectivity index (χ0n) is 12.1. The molecular formula is C16H24N2O2. The van der Waals surface area contributed by atoms with Crippen molar-refractivity contribution in [2.75, 3.05) is 19.6 Å². The molecule has 3 aliphatic rings. The minimum atomic E-state index is 0.213. The minimum Gasteiger partial charge on any atom is -0.464 e. The van der Waals surface area contributed by atoms with Crippen LogP contribution in [-0.4, -0.2) is 36.7 Å². The Bertz CT molecular complexity index is 475. The molecule has 4 heteroatoms. The van der Waals surface area contributed by atoms with Gasteiger partial charge in [-0.25, -0.2) is 0 Å². The number of hydrogen-bond donors (Lipinski definition) is 1. The van der Waals surface area contributed by atoms with Gasteiger partial charge in [-0.2, -0.15) is 0 Å². The van der Waals surface area contributed by atoms with Crippen molar-refractivity contribution in [2.45, 2.75) is 50.4 Å². The van der Waals surface area contributed by atoms with Crippen LogP contribution in [0.3, 0.4) is 0 Å². The molecule has 5 atom stereocenters. The SMILES string of the molecule is CC1CC1c1ccc(C(CN)N2CC3CCC(C2)O3)o1. The van der Waals surface area contributed by atoms with Crippen molar-refractivity contribution in [3.63, 3.8) is 0 Å². The van der Waals surface area contributed by atoms with Crippen LogP contribution in [0.2, 0.25) is 0 Å². The van der Waals surface area contributed by atoms with Crippen molar-refractivity contribution < 1.29 is 9.15 Å².